The third-order valence-corrected chi connectivity index (χ3v) is 3.52. The molecule has 3 atom stereocenters. The van der Waals surface area contributed by atoms with Crippen LogP contribution in [0.3, 0.4) is 0 Å². The van der Waals surface area contributed by atoms with Gasteiger partial charge in [0.2, 0.25) is 5.91 Å². The lowest BCUT2D eigenvalue weighted by molar-refractivity contribution is -0.123. The molecule has 2 saturated heterocycles. The molecule has 2 heterocycles. The van der Waals surface area contributed by atoms with E-state index in [1.165, 1.54) is 0 Å². The highest BCUT2D eigenvalue weighted by Crippen LogP contribution is 2.16. The summed E-state index contributed by atoms with van der Waals surface area (Å²) in [7, 11) is 0. The molecule has 2 aliphatic rings. The molecular weight excluding hydrogens is 204 g/mol. The monoisotopic (exact) mass is 226 g/mol. The number of nitrogens with one attached hydrogen (secondary N) is 2. The lowest BCUT2D eigenvalue weighted by Gasteiger charge is -2.24. The molecule has 0 aromatic carbocycles. The van der Waals surface area contributed by atoms with E-state index < -0.39 is 0 Å². The van der Waals surface area contributed by atoms with Gasteiger partial charge in [-0.1, -0.05) is 0 Å². The molecule has 2 rings (SSSR count). The van der Waals surface area contributed by atoms with Gasteiger partial charge in [-0.3, -0.25) is 4.79 Å². The number of amides is 1. The predicted molar refractivity (Wildman–Crippen MR) is 62.2 cm³/mol. The van der Waals surface area contributed by atoms with Crippen LogP contribution < -0.4 is 10.6 Å². The van der Waals surface area contributed by atoms with Gasteiger partial charge in [-0.25, -0.2) is 0 Å². The Morgan fingerprint density at radius 3 is 3.00 bits per heavy atom. The molecule has 1 amide bonds. The second-order valence-electron chi connectivity index (χ2n) is 4.85. The molecule has 0 aliphatic carbocycles. The standard InChI is InChI=1S/C12H22N2O2/c1-9(11-6-4-8-16-11)14-10-5-2-3-7-13-12(10)15/h9-11,14H,2-8H2,1H3,(H,13,15). The van der Waals surface area contributed by atoms with Gasteiger partial charge in [0.25, 0.3) is 0 Å². The maximum atomic E-state index is 11.8. The largest absolute Gasteiger partial charge is 0.377 e. The van der Waals surface area contributed by atoms with Crippen molar-refractivity contribution in [2.24, 2.45) is 0 Å². The number of carbonyl (C=O) groups excluding carboxylic acids is 1. The van der Waals surface area contributed by atoms with E-state index in [1.54, 1.807) is 0 Å². The van der Waals surface area contributed by atoms with Crippen molar-refractivity contribution in [2.45, 2.75) is 57.2 Å². The molecule has 0 spiro atoms. The van der Waals surface area contributed by atoms with E-state index in [9.17, 15) is 4.79 Å². The van der Waals surface area contributed by atoms with Crippen molar-refractivity contribution < 1.29 is 9.53 Å². The fraction of sp³-hybridized carbons (Fsp3) is 0.917. The first-order valence-corrected chi connectivity index (χ1v) is 6.43. The second kappa shape index (κ2) is 5.64. The van der Waals surface area contributed by atoms with Crippen LogP contribution in [0.25, 0.3) is 0 Å². The SMILES string of the molecule is CC(NC1CCCCNC1=O)C1CCCO1. The van der Waals surface area contributed by atoms with Crippen LogP contribution in [0.15, 0.2) is 0 Å². The van der Waals surface area contributed by atoms with Crippen molar-refractivity contribution in [2.75, 3.05) is 13.2 Å². The van der Waals surface area contributed by atoms with Crippen LogP contribution in [0.4, 0.5) is 0 Å². The summed E-state index contributed by atoms with van der Waals surface area (Å²) in [5, 5.41) is 6.36. The summed E-state index contributed by atoms with van der Waals surface area (Å²) in [6, 6.07) is 0.248. The average Bonchev–Trinajstić information content (AvgIpc) is 2.73. The maximum absolute atomic E-state index is 11.8. The van der Waals surface area contributed by atoms with Gasteiger partial charge in [0.1, 0.15) is 0 Å². The van der Waals surface area contributed by atoms with Gasteiger partial charge in [0.05, 0.1) is 12.1 Å². The Labute approximate surface area is 97.1 Å². The Bertz CT molecular complexity index is 239. The van der Waals surface area contributed by atoms with Crippen molar-refractivity contribution in [3.05, 3.63) is 0 Å². The van der Waals surface area contributed by atoms with E-state index in [0.29, 0.717) is 0 Å². The molecule has 0 aromatic heterocycles. The van der Waals surface area contributed by atoms with Gasteiger partial charge >= 0.3 is 0 Å². The van der Waals surface area contributed by atoms with Crippen molar-refractivity contribution in [1.29, 1.82) is 0 Å². The normalized spacial score (nSPS) is 33.2. The Balaban J connectivity index is 1.83. The third kappa shape index (κ3) is 2.95. The summed E-state index contributed by atoms with van der Waals surface area (Å²) in [5.74, 6) is 0.155. The Morgan fingerprint density at radius 2 is 2.25 bits per heavy atom. The lowest BCUT2D eigenvalue weighted by Crippen LogP contribution is -2.49. The first-order valence-electron chi connectivity index (χ1n) is 6.43. The molecule has 4 nitrogen and oxygen atoms in total. The highest BCUT2D eigenvalue weighted by atomic mass is 16.5. The van der Waals surface area contributed by atoms with Gasteiger partial charge in [0.15, 0.2) is 0 Å². The zero-order chi connectivity index (χ0) is 11.4. The average molecular weight is 226 g/mol. The van der Waals surface area contributed by atoms with Crippen LogP contribution in [0.1, 0.15) is 39.0 Å². The predicted octanol–water partition coefficient (Wildman–Crippen LogP) is 0.812. The number of rotatable bonds is 3. The number of ether oxygens (including phenoxy) is 1. The summed E-state index contributed by atoms with van der Waals surface area (Å²) >= 11 is 0. The first kappa shape index (κ1) is 11.9. The summed E-state index contributed by atoms with van der Waals surface area (Å²) in [6.07, 6.45) is 5.71. The molecule has 16 heavy (non-hydrogen) atoms. The molecule has 92 valence electrons. The van der Waals surface area contributed by atoms with Crippen molar-refractivity contribution in [1.82, 2.24) is 10.6 Å². The minimum atomic E-state index is -0.0262. The molecule has 3 unspecified atom stereocenters. The van der Waals surface area contributed by atoms with Crippen molar-refractivity contribution >= 4 is 5.91 Å². The third-order valence-electron chi connectivity index (χ3n) is 3.52. The summed E-state index contributed by atoms with van der Waals surface area (Å²) < 4.78 is 5.63. The van der Waals surface area contributed by atoms with E-state index >= 15 is 0 Å². The molecule has 0 saturated carbocycles. The van der Waals surface area contributed by atoms with Crippen LogP contribution in [-0.4, -0.2) is 37.2 Å². The van der Waals surface area contributed by atoms with Gasteiger partial charge in [-0.05, 0) is 39.0 Å². The van der Waals surface area contributed by atoms with Crippen LogP contribution in [0.2, 0.25) is 0 Å². The van der Waals surface area contributed by atoms with Crippen molar-refractivity contribution in [3.63, 3.8) is 0 Å². The Kier molecular flexibility index (Phi) is 4.18. The zero-order valence-electron chi connectivity index (χ0n) is 10.00. The van der Waals surface area contributed by atoms with Crippen LogP contribution in [0.5, 0.6) is 0 Å². The quantitative estimate of drug-likeness (QED) is 0.749. The molecule has 4 heteroatoms. The van der Waals surface area contributed by atoms with E-state index in [4.69, 9.17) is 4.74 Å². The Morgan fingerprint density at radius 1 is 1.38 bits per heavy atom. The van der Waals surface area contributed by atoms with Crippen molar-refractivity contribution in [3.8, 4) is 0 Å². The topological polar surface area (TPSA) is 50.4 Å². The van der Waals surface area contributed by atoms with Gasteiger partial charge in [0, 0.05) is 19.2 Å². The van der Waals surface area contributed by atoms with Gasteiger partial charge in [-0.15, -0.1) is 0 Å². The maximum Gasteiger partial charge on any atom is 0.237 e. The van der Waals surface area contributed by atoms with E-state index in [2.05, 4.69) is 17.6 Å². The molecule has 0 radical (unpaired) electrons. The van der Waals surface area contributed by atoms with E-state index in [1.807, 2.05) is 0 Å². The lowest BCUT2D eigenvalue weighted by atomic mass is 10.1. The minimum absolute atomic E-state index is 0.0262. The second-order valence-corrected chi connectivity index (χ2v) is 4.85. The first-order chi connectivity index (χ1) is 7.77. The van der Waals surface area contributed by atoms with Crippen LogP contribution >= 0.6 is 0 Å². The molecule has 2 aliphatic heterocycles. The number of hydrogen-bond donors (Lipinski definition) is 2. The number of hydrogen-bond acceptors (Lipinski definition) is 3. The number of carbonyl (C=O) groups is 1. The highest BCUT2D eigenvalue weighted by Gasteiger charge is 2.27. The van der Waals surface area contributed by atoms with E-state index in [-0.39, 0.29) is 24.1 Å². The van der Waals surface area contributed by atoms with Gasteiger partial charge in [-0.2, -0.15) is 0 Å². The molecule has 0 bridgehead atoms. The van der Waals surface area contributed by atoms with Crippen LogP contribution in [0, 0.1) is 0 Å². The fourth-order valence-corrected chi connectivity index (χ4v) is 2.52. The fourth-order valence-electron chi connectivity index (χ4n) is 2.52. The highest BCUT2D eigenvalue weighted by molar-refractivity contribution is 5.81. The zero-order valence-corrected chi connectivity index (χ0v) is 10.00. The summed E-state index contributed by atoms with van der Waals surface area (Å²) in [4.78, 5) is 11.8. The summed E-state index contributed by atoms with van der Waals surface area (Å²) in [5.41, 5.74) is 0. The van der Waals surface area contributed by atoms with Crippen LogP contribution in [-0.2, 0) is 9.53 Å². The summed E-state index contributed by atoms with van der Waals surface area (Å²) in [6.45, 7) is 3.81. The Hall–Kier alpha value is -0.610. The van der Waals surface area contributed by atoms with Gasteiger partial charge < -0.3 is 15.4 Å². The molecule has 2 N–H and O–H groups in total. The minimum Gasteiger partial charge on any atom is -0.377 e. The molecule has 2 fully saturated rings. The van der Waals surface area contributed by atoms with E-state index in [0.717, 1.165) is 45.3 Å². The smallest absolute Gasteiger partial charge is 0.237 e. The molecular formula is C12H22N2O2. The molecule has 0 aromatic rings.